The smallest absolute Gasteiger partial charge is 0.226 e. The molecule has 156 valence electrons. The third kappa shape index (κ3) is 3.24. The summed E-state index contributed by atoms with van der Waals surface area (Å²) in [5.74, 6) is 2.42. The minimum absolute atomic E-state index is 0.0716. The molecule has 4 aromatic rings. The van der Waals surface area contributed by atoms with Crippen LogP contribution in [-0.4, -0.2) is 42.1 Å². The Labute approximate surface area is 178 Å². The van der Waals surface area contributed by atoms with Gasteiger partial charge < -0.3 is 10.1 Å². The zero-order chi connectivity index (χ0) is 21.5. The van der Waals surface area contributed by atoms with Crippen LogP contribution in [0.25, 0.3) is 11.5 Å². The van der Waals surface area contributed by atoms with Crippen molar-refractivity contribution in [1.82, 2.24) is 29.6 Å². The molecule has 0 spiro atoms. The predicted molar refractivity (Wildman–Crippen MR) is 115 cm³/mol. The molecule has 0 saturated heterocycles. The SMILES string of the molecule is C=CCOc1cccc(C2CC(=O)Nc3c2c(C)nn3-c2ccc3nnc(C)n3n2)c1. The third-order valence-electron chi connectivity index (χ3n) is 5.35. The van der Waals surface area contributed by atoms with Crippen LogP contribution < -0.4 is 10.1 Å². The van der Waals surface area contributed by atoms with Gasteiger partial charge in [-0.1, -0.05) is 24.8 Å². The molecule has 0 saturated carbocycles. The number of fused-ring (bicyclic) bond motifs is 2. The summed E-state index contributed by atoms with van der Waals surface area (Å²) in [5.41, 5.74) is 3.46. The molecule has 1 unspecified atom stereocenters. The van der Waals surface area contributed by atoms with E-state index in [0.717, 1.165) is 22.6 Å². The lowest BCUT2D eigenvalue weighted by Gasteiger charge is -2.24. The van der Waals surface area contributed by atoms with Gasteiger partial charge in [0, 0.05) is 17.9 Å². The Balaban J connectivity index is 1.61. The summed E-state index contributed by atoms with van der Waals surface area (Å²) in [4.78, 5) is 12.6. The highest BCUT2D eigenvalue weighted by atomic mass is 16.5. The first-order valence-corrected chi connectivity index (χ1v) is 9.97. The van der Waals surface area contributed by atoms with Crippen LogP contribution >= 0.6 is 0 Å². The fourth-order valence-corrected chi connectivity index (χ4v) is 3.97. The second-order valence-electron chi connectivity index (χ2n) is 7.45. The van der Waals surface area contributed by atoms with Crippen molar-refractivity contribution in [3.8, 4) is 11.6 Å². The van der Waals surface area contributed by atoms with Gasteiger partial charge in [0.1, 0.15) is 18.2 Å². The molecular weight excluding hydrogens is 394 g/mol. The van der Waals surface area contributed by atoms with Gasteiger partial charge in [-0.3, -0.25) is 4.79 Å². The number of hydrogen-bond donors (Lipinski definition) is 1. The minimum Gasteiger partial charge on any atom is -0.490 e. The Morgan fingerprint density at radius 3 is 2.94 bits per heavy atom. The zero-order valence-corrected chi connectivity index (χ0v) is 17.2. The first-order valence-electron chi connectivity index (χ1n) is 9.97. The lowest BCUT2D eigenvalue weighted by atomic mass is 9.86. The molecule has 0 bridgehead atoms. The molecule has 31 heavy (non-hydrogen) atoms. The Morgan fingerprint density at radius 1 is 1.23 bits per heavy atom. The van der Waals surface area contributed by atoms with E-state index in [1.165, 1.54) is 0 Å². The number of amides is 1. The third-order valence-corrected chi connectivity index (χ3v) is 5.35. The van der Waals surface area contributed by atoms with E-state index in [1.54, 1.807) is 15.3 Å². The number of nitrogens with one attached hydrogen (secondary N) is 1. The molecule has 5 rings (SSSR count). The zero-order valence-electron chi connectivity index (χ0n) is 17.2. The Morgan fingerprint density at radius 2 is 2.10 bits per heavy atom. The highest BCUT2D eigenvalue weighted by Gasteiger charge is 2.33. The van der Waals surface area contributed by atoms with Gasteiger partial charge in [-0.25, -0.2) is 0 Å². The lowest BCUT2D eigenvalue weighted by Crippen LogP contribution is -2.25. The Kier molecular flexibility index (Phi) is 4.50. The summed E-state index contributed by atoms with van der Waals surface area (Å²) in [5, 5.41) is 20.4. The number of ether oxygens (including phenoxy) is 1. The average molecular weight is 415 g/mol. The van der Waals surface area contributed by atoms with Gasteiger partial charge in [0.2, 0.25) is 5.91 Å². The molecule has 0 fully saturated rings. The summed E-state index contributed by atoms with van der Waals surface area (Å²) in [6.45, 7) is 7.89. The van der Waals surface area contributed by atoms with E-state index in [0.29, 0.717) is 36.1 Å². The molecule has 1 atom stereocenters. The van der Waals surface area contributed by atoms with Crippen LogP contribution in [0.2, 0.25) is 0 Å². The maximum absolute atomic E-state index is 12.6. The number of carbonyl (C=O) groups is 1. The molecule has 1 N–H and O–H groups in total. The second-order valence-corrected chi connectivity index (χ2v) is 7.45. The second kappa shape index (κ2) is 7.35. The van der Waals surface area contributed by atoms with Crippen LogP contribution in [0, 0.1) is 13.8 Å². The molecule has 9 nitrogen and oxygen atoms in total. The van der Waals surface area contributed by atoms with Gasteiger partial charge >= 0.3 is 0 Å². The Hall–Kier alpha value is -4.01. The fraction of sp³-hybridized carbons (Fsp3) is 0.227. The van der Waals surface area contributed by atoms with Crippen molar-refractivity contribution in [3.63, 3.8) is 0 Å². The van der Waals surface area contributed by atoms with Crippen LogP contribution in [0.3, 0.4) is 0 Å². The van der Waals surface area contributed by atoms with Crippen LogP contribution in [-0.2, 0) is 4.79 Å². The number of aromatic nitrogens is 6. The van der Waals surface area contributed by atoms with Crippen molar-refractivity contribution < 1.29 is 9.53 Å². The number of aryl methyl sites for hydroxylation is 2. The van der Waals surface area contributed by atoms with Crippen molar-refractivity contribution in [1.29, 1.82) is 0 Å². The normalized spacial score (nSPS) is 15.5. The molecular formula is C22H21N7O2. The predicted octanol–water partition coefficient (Wildman–Crippen LogP) is 2.97. The standard InChI is InChI=1S/C22H21N7O2/c1-4-10-31-16-7-5-6-15(11-16)17-12-20(30)23-22-21(17)13(2)26-29(22)19-9-8-18-25-24-14(3)28(18)27-19/h4-9,11,17H,1,10,12H2,2-3H3,(H,23,30). The van der Waals surface area contributed by atoms with Crippen molar-refractivity contribution in [3.05, 3.63) is 71.7 Å². The quantitative estimate of drug-likeness (QED) is 0.503. The van der Waals surface area contributed by atoms with Gasteiger partial charge in [0.25, 0.3) is 0 Å². The number of anilines is 1. The summed E-state index contributed by atoms with van der Waals surface area (Å²) in [7, 11) is 0. The number of benzene rings is 1. The molecule has 1 aliphatic rings. The lowest BCUT2D eigenvalue weighted by molar-refractivity contribution is -0.116. The van der Waals surface area contributed by atoms with Crippen molar-refractivity contribution >= 4 is 17.4 Å². The highest BCUT2D eigenvalue weighted by Crippen LogP contribution is 2.40. The number of rotatable bonds is 5. The monoisotopic (exact) mass is 415 g/mol. The van der Waals surface area contributed by atoms with E-state index in [1.807, 2.05) is 50.2 Å². The molecule has 1 amide bonds. The van der Waals surface area contributed by atoms with E-state index in [-0.39, 0.29) is 11.8 Å². The van der Waals surface area contributed by atoms with Gasteiger partial charge in [-0.2, -0.15) is 14.3 Å². The molecule has 4 heterocycles. The fourth-order valence-electron chi connectivity index (χ4n) is 3.97. The maximum Gasteiger partial charge on any atom is 0.226 e. The van der Waals surface area contributed by atoms with Crippen LogP contribution in [0.15, 0.2) is 49.1 Å². The largest absolute Gasteiger partial charge is 0.490 e. The van der Waals surface area contributed by atoms with E-state index in [9.17, 15) is 4.79 Å². The van der Waals surface area contributed by atoms with Gasteiger partial charge in [0.15, 0.2) is 17.3 Å². The van der Waals surface area contributed by atoms with E-state index < -0.39 is 0 Å². The van der Waals surface area contributed by atoms with Crippen LogP contribution in [0.5, 0.6) is 5.75 Å². The summed E-state index contributed by atoms with van der Waals surface area (Å²) < 4.78 is 9.01. The summed E-state index contributed by atoms with van der Waals surface area (Å²) in [6.07, 6.45) is 2.04. The molecule has 9 heteroatoms. The number of nitrogens with zero attached hydrogens (tertiary/aromatic N) is 6. The van der Waals surface area contributed by atoms with Crippen LogP contribution in [0.1, 0.15) is 35.0 Å². The number of hydrogen-bond acceptors (Lipinski definition) is 6. The number of carbonyl (C=O) groups excluding carboxylic acids is 1. The molecule has 0 aliphatic carbocycles. The average Bonchev–Trinajstić information content (AvgIpc) is 3.31. The van der Waals surface area contributed by atoms with E-state index in [4.69, 9.17) is 9.84 Å². The van der Waals surface area contributed by atoms with Crippen molar-refractivity contribution in [2.75, 3.05) is 11.9 Å². The summed E-state index contributed by atoms with van der Waals surface area (Å²) >= 11 is 0. The first-order chi connectivity index (χ1) is 15.0. The van der Waals surface area contributed by atoms with Crippen molar-refractivity contribution in [2.45, 2.75) is 26.2 Å². The Bertz CT molecular complexity index is 1320. The molecule has 0 radical (unpaired) electrons. The van der Waals surface area contributed by atoms with Gasteiger partial charge in [-0.05, 0) is 43.7 Å². The van der Waals surface area contributed by atoms with E-state index >= 15 is 0 Å². The first kappa shape index (κ1) is 19.0. The minimum atomic E-state index is -0.134. The molecule has 1 aliphatic heterocycles. The van der Waals surface area contributed by atoms with Crippen molar-refractivity contribution in [2.24, 2.45) is 0 Å². The van der Waals surface area contributed by atoms with Crippen LogP contribution in [0.4, 0.5) is 5.82 Å². The maximum atomic E-state index is 12.6. The molecule has 1 aromatic carbocycles. The van der Waals surface area contributed by atoms with Gasteiger partial charge in [0.05, 0.1) is 5.69 Å². The molecule has 3 aromatic heterocycles. The topological polar surface area (TPSA) is 99.2 Å². The van der Waals surface area contributed by atoms with Gasteiger partial charge in [-0.15, -0.1) is 15.3 Å². The van der Waals surface area contributed by atoms with E-state index in [2.05, 4.69) is 27.2 Å². The summed E-state index contributed by atoms with van der Waals surface area (Å²) in [6, 6.07) is 11.5. The highest BCUT2D eigenvalue weighted by molar-refractivity contribution is 5.95.